The average molecular weight is 340 g/mol. The molecule has 1 aliphatic rings. The highest BCUT2D eigenvalue weighted by Crippen LogP contribution is 2.13. The number of anilines is 1. The van der Waals surface area contributed by atoms with Gasteiger partial charge in [0.2, 0.25) is 5.91 Å². The molecule has 1 fully saturated rings. The number of benzene rings is 1. The Labute approximate surface area is 129 Å². The van der Waals surface area contributed by atoms with Gasteiger partial charge in [0.1, 0.15) is 0 Å². The summed E-state index contributed by atoms with van der Waals surface area (Å²) < 4.78 is 1.01. The third-order valence-electron chi connectivity index (χ3n) is 3.47. The van der Waals surface area contributed by atoms with Crippen molar-refractivity contribution in [2.75, 3.05) is 31.5 Å². The predicted molar refractivity (Wildman–Crippen MR) is 85.9 cm³/mol. The van der Waals surface area contributed by atoms with Crippen LogP contribution in [0.4, 0.5) is 5.69 Å². The first-order valence-corrected chi connectivity index (χ1v) is 7.94. The van der Waals surface area contributed by atoms with E-state index in [2.05, 4.69) is 38.4 Å². The van der Waals surface area contributed by atoms with E-state index in [1.54, 1.807) is 0 Å². The van der Waals surface area contributed by atoms with Gasteiger partial charge in [0.15, 0.2) is 0 Å². The zero-order valence-electron chi connectivity index (χ0n) is 11.9. The number of nitrogens with one attached hydrogen (secondary N) is 2. The molecule has 1 aromatic carbocycles. The van der Waals surface area contributed by atoms with Crippen molar-refractivity contribution in [2.45, 2.75) is 25.8 Å². The van der Waals surface area contributed by atoms with Crippen molar-refractivity contribution in [3.05, 3.63) is 28.7 Å². The van der Waals surface area contributed by atoms with Crippen LogP contribution in [0, 0.1) is 0 Å². The fraction of sp³-hybridized carbons (Fsp3) is 0.533. The molecule has 1 unspecified atom stereocenters. The molecule has 0 saturated carbocycles. The standard InChI is InChI=1S/C15H22BrN3O/c1-12(11-19-8-2-3-9-19)17-10-15(20)18-14-6-4-13(16)5-7-14/h4-7,12,17H,2-3,8-11H2,1H3,(H,18,20). The van der Waals surface area contributed by atoms with Crippen molar-refractivity contribution in [1.82, 2.24) is 10.2 Å². The number of rotatable bonds is 6. The summed E-state index contributed by atoms with van der Waals surface area (Å²) in [5.74, 6) is 0.000550. The van der Waals surface area contributed by atoms with Crippen LogP contribution >= 0.6 is 15.9 Å². The van der Waals surface area contributed by atoms with Gasteiger partial charge in [-0.05, 0) is 57.1 Å². The van der Waals surface area contributed by atoms with Crippen LogP contribution < -0.4 is 10.6 Å². The van der Waals surface area contributed by atoms with Crippen molar-refractivity contribution in [2.24, 2.45) is 0 Å². The largest absolute Gasteiger partial charge is 0.325 e. The molecule has 0 aliphatic carbocycles. The van der Waals surface area contributed by atoms with Gasteiger partial charge >= 0.3 is 0 Å². The molecule has 2 N–H and O–H groups in total. The minimum absolute atomic E-state index is 0.000550. The van der Waals surface area contributed by atoms with Crippen molar-refractivity contribution in [3.8, 4) is 0 Å². The van der Waals surface area contributed by atoms with Crippen LogP contribution in [0.2, 0.25) is 0 Å². The van der Waals surface area contributed by atoms with Crippen molar-refractivity contribution >= 4 is 27.5 Å². The molecule has 0 radical (unpaired) electrons. The first kappa shape index (κ1) is 15.5. The molecule has 1 aliphatic heterocycles. The van der Waals surface area contributed by atoms with Crippen LogP contribution in [0.1, 0.15) is 19.8 Å². The molecular formula is C15H22BrN3O. The first-order chi connectivity index (χ1) is 9.63. The Bertz CT molecular complexity index is 429. The van der Waals surface area contributed by atoms with Gasteiger partial charge in [0, 0.05) is 22.7 Å². The summed E-state index contributed by atoms with van der Waals surface area (Å²) in [5.41, 5.74) is 0.826. The Morgan fingerprint density at radius 3 is 2.60 bits per heavy atom. The SMILES string of the molecule is CC(CN1CCCC1)NCC(=O)Nc1ccc(Br)cc1. The molecule has 2 rings (SSSR count). The van der Waals surface area contributed by atoms with E-state index in [4.69, 9.17) is 0 Å². The monoisotopic (exact) mass is 339 g/mol. The van der Waals surface area contributed by atoms with E-state index < -0.39 is 0 Å². The third-order valence-corrected chi connectivity index (χ3v) is 4.00. The van der Waals surface area contributed by atoms with E-state index in [1.807, 2.05) is 24.3 Å². The van der Waals surface area contributed by atoms with Crippen LogP contribution in [0.15, 0.2) is 28.7 Å². The van der Waals surface area contributed by atoms with Gasteiger partial charge in [-0.15, -0.1) is 0 Å². The van der Waals surface area contributed by atoms with E-state index in [-0.39, 0.29) is 5.91 Å². The van der Waals surface area contributed by atoms with Crippen LogP contribution in [0.5, 0.6) is 0 Å². The minimum Gasteiger partial charge on any atom is -0.325 e. The normalized spacial score (nSPS) is 17.1. The third kappa shape index (κ3) is 5.23. The van der Waals surface area contributed by atoms with Gasteiger partial charge in [0.25, 0.3) is 0 Å². The van der Waals surface area contributed by atoms with E-state index in [9.17, 15) is 4.79 Å². The van der Waals surface area contributed by atoms with Crippen molar-refractivity contribution < 1.29 is 4.79 Å². The number of amides is 1. The van der Waals surface area contributed by atoms with Crippen molar-refractivity contribution in [3.63, 3.8) is 0 Å². The molecule has 1 aromatic rings. The fourth-order valence-corrected chi connectivity index (χ4v) is 2.69. The molecular weight excluding hydrogens is 318 g/mol. The lowest BCUT2D eigenvalue weighted by molar-refractivity contribution is -0.115. The van der Waals surface area contributed by atoms with Crippen LogP contribution in [0.3, 0.4) is 0 Å². The zero-order valence-corrected chi connectivity index (χ0v) is 13.4. The Kier molecular flexibility index (Phi) is 6.01. The summed E-state index contributed by atoms with van der Waals surface area (Å²) in [7, 11) is 0. The highest BCUT2D eigenvalue weighted by molar-refractivity contribution is 9.10. The molecule has 0 bridgehead atoms. The number of nitrogens with zero attached hydrogens (tertiary/aromatic N) is 1. The summed E-state index contributed by atoms with van der Waals surface area (Å²) in [6.07, 6.45) is 2.60. The van der Waals surface area contributed by atoms with E-state index in [0.29, 0.717) is 12.6 Å². The summed E-state index contributed by atoms with van der Waals surface area (Å²) in [6, 6.07) is 7.94. The summed E-state index contributed by atoms with van der Waals surface area (Å²) in [4.78, 5) is 14.3. The second-order valence-electron chi connectivity index (χ2n) is 5.34. The van der Waals surface area contributed by atoms with E-state index in [0.717, 1.165) is 16.7 Å². The Morgan fingerprint density at radius 2 is 1.95 bits per heavy atom. The maximum absolute atomic E-state index is 11.8. The molecule has 1 heterocycles. The topological polar surface area (TPSA) is 44.4 Å². The first-order valence-electron chi connectivity index (χ1n) is 7.14. The molecule has 4 nitrogen and oxygen atoms in total. The molecule has 1 saturated heterocycles. The number of carbonyl (C=O) groups is 1. The van der Waals surface area contributed by atoms with Crippen molar-refractivity contribution in [1.29, 1.82) is 0 Å². The maximum Gasteiger partial charge on any atom is 0.238 e. The van der Waals surface area contributed by atoms with Crippen LogP contribution in [0.25, 0.3) is 0 Å². The minimum atomic E-state index is 0.000550. The second kappa shape index (κ2) is 7.76. The van der Waals surface area contributed by atoms with Gasteiger partial charge in [-0.25, -0.2) is 0 Å². The Morgan fingerprint density at radius 1 is 1.30 bits per heavy atom. The summed E-state index contributed by atoms with van der Waals surface area (Å²) in [6.45, 7) is 5.89. The lowest BCUT2D eigenvalue weighted by atomic mass is 10.3. The lowest BCUT2D eigenvalue weighted by Crippen LogP contribution is -2.41. The molecule has 20 heavy (non-hydrogen) atoms. The second-order valence-corrected chi connectivity index (χ2v) is 6.26. The molecule has 0 aromatic heterocycles. The zero-order chi connectivity index (χ0) is 14.4. The van der Waals surface area contributed by atoms with E-state index >= 15 is 0 Å². The lowest BCUT2D eigenvalue weighted by Gasteiger charge is -2.21. The highest BCUT2D eigenvalue weighted by atomic mass is 79.9. The van der Waals surface area contributed by atoms with Crippen LogP contribution in [-0.4, -0.2) is 43.0 Å². The summed E-state index contributed by atoms with van der Waals surface area (Å²) in [5, 5.41) is 6.16. The van der Waals surface area contributed by atoms with Crippen LogP contribution in [-0.2, 0) is 4.79 Å². The number of hydrogen-bond acceptors (Lipinski definition) is 3. The number of likely N-dealkylation sites (tertiary alicyclic amines) is 1. The van der Waals surface area contributed by atoms with Gasteiger partial charge in [0.05, 0.1) is 6.54 Å². The maximum atomic E-state index is 11.8. The Balaban J connectivity index is 1.67. The quantitative estimate of drug-likeness (QED) is 0.836. The Hall–Kier alpha value is -0.910. The molecule has 110 valence electrons. The number of carbonyl (C=O) groups excluding carboxylic acids is 1. The number of halogens is 1. The van der Waals surface area contributed by atoms with Gasteiger partial charge in [-0.3, -0.25) is 4.79 Å². The number of hydrogen-bond donors (Lipinski definition) is 2. The smallest absolute Gasteiger partial charge is 0.238 e. The fourth-order valence-electron chi connectivity index (χ4n) is 2.42. The molecule has 1 atom stereocenters. The van der Waals surface area contributed by atoms with Gasteiger partial charge < -0.3 is 15.5 Å². The summed E-state index contributed by atoms with van der Waals surface area (Å²) >= 11 is 3.37. The molecule has 0 spiro atoms. The highest BCUT2D eigenvalue weighted by Gasteiger charge is 2.14. The van der Waals surface area contributed by atoms with Gasteiger partial charge in [-0.2, -0.15) is 0 Å². The molecule has 5 heteroatoms. The average Bonchev–Trinajstić information content (AvgIpc) is 2.92. The molecule has 1 amide bonds. The van der Waals surface area contributed by atoms with Gasteiger partial charge in [-0.1, -0.05) is 15.9 Å². The predicted octanol–water partition coefficient (Wildman–Crippen LogP) is 2.46. The van der Waals surface area contributed by atoms with E-state index in [1.165, 1.54) is 25.9 Å².